The second kappa shape index (κ2) is 5.56. The molecule has 92 valence electrons. The molecule has 2 rings (SSSR count). The van der Waals surface area contributed by atoms with Crippen LogP contribution in [0.2, 0.25) is 0 Å². The second-order valence-corrected chi connectivity index (χ2v) is 4.98. The van der Waals surface area contributed by atoms with Crippen LogP contribution in [0.1, 0.15) is 23.2 Å². The van der Waals surface area contributed by atoms with Crippen LogP contribution in [0, 0.1) is 5.92 Å². The highest BCUT2D eigenvalue weighted by Gasteiger charge is 2.22. The van der Waals surface area contributed by atoms with E-state index >= 15 is 0 Å². The van der Waals surface area contributed by atoms with Crippen molar-refractivity contribution in [3.8, 4) is 0 Å². The van der Waals surface area contributed by atoms with Gasteiger partial charge in [-0.2, -0.15) is 0 Å². The number of rotatable bonds is 2. The molecule has 0 unspecified atom stereocenters. The number of hydrogen-bond acceptors (Lipinski definition) is 3. The number of carbonyl (C=O) groups excluding carboxylic acids is 1. The van der Waals surface area contributed by atoms with Crippen molar-refractivity contribution in [1.29, 1.82) is 0 Å². The van der Waals surface area contributed by atoms with E-state index in [2.05, 4.69) is 12.6 Å². The lowest BCUT2D eigenvalue weighted by atomic mass is 9.97. The Labute approximate surface area is 107 Å². The highest BCUT2D eigenvalue weighted by Crippen LogP contribution is 2.19. The summed E-state index contributed by atoms with van der Waals surface area (Å²) in [5, 5.41) is 9.06. The van der Waals surface area contributed by atoms with Crippen molar-refractivity contribution in [3.63, 3.8) is 0 Å². The Morgan fingerprint density at radius 1 is 1.41 bits per heavy atom. The van der Waals surface area contributed by atoms with Gasteiger partial charge in [0.05, 0.1) is 0 Å². The first kappa shape index (κ1) is 12.5. The second-order valence-electron chi connectivity index (χ2n) is 4.47. The Morgan fingerprint density at radius 3 is 2.71 bits per heavy atom. The van der Waals surface area contributed by atoms with Gasteiger partial charge >= 0.3 is 0 Å². The lowest BCUT2D eigenvalue weighted by molar-refractivity contribution is 0.0650. The van der Waals surface area contributed by atoms with Crippen molar-refractivity contribution in [2.24, 2.45) is 5.92 Å². The predicted molar refractivity (Wildman–Crippen MR) is 69.4 cm³/mol. The summed E-state index contributed by atoms with van der Waals surface area (Å²) in [6.07, 6.45) is 1.78. The molecule has 1 aliphatic heterocycles. The first-order chi connectivity index (χ1) is 8.20. The third-order valence-corrected chi connectivity index (χ3v) is 3.53. The van der Waals surface area contributed by atoms with E-state index < -0.39 is 0 Å². The molecule has 0 spiro atoms. The Hall–Kier alpha value is -1.00. The molecule has 1 amide bonds. The summed E-state index contributed by atoms with van der Waals surface area (Å²) in [5.41, 5.74) is 0.694. The molecule has 1 saturated heterocycles. The molecule has 0 bridgehead atoms. The molecule has 1 N–H and O–H groups in total. The van der Waals surface area contributed by atoms with Crippen LogP contribution < -0.4 is 0 Å². The zero-order chi connectivity index (χ0) is 12.3. The predicted octanol–water partition coefficient (Wildman–Crippen LogP) is 1.82. The first-order valence-corrected chi connectivity index (χ1v) is 6.34. The number of thiol groups is 1. The number of amides is 1. The summed E-state index contributed by atoms with van der Waals surface area (Å²) >= 11 is 4.24. The van der Waals surface area contributed by atoms with Crippen LogP contribution in [0.3, 0.4) is 0 Å². The number of aliphatic hydroxyl groups is 1. The smallest absolute Gasteiger partial charge is 0.253 e. The minimum absolute atomic E-state index is 0.0669. The molecule has 0 atom stereocenters. The van der Waals surface area contributed by atoms with E-state index in [4.69, 9.17) is 5.11 Å². The average Bonchev–Trinajstić information content (AvgIpc) is 2.38. The zero-order valence-electron chi connectivity index (χ0n) is 9.67. The minimum atomic E-state index is 0.0669. The molecule has 0 radical (unpaired) electrons. The van der Waals surface area contributed by atoms with Crippen LogP contribution >= 0.6 is 12.6 Å². The maximum absolute atomic E-state index is 12.2. The van der Waals surface area contributed by atoms with Gasteiger partial charge in [-0.1, -0.05) is 6.07 Å². The zero-order valence-corrected chi connectivity index (χ0v) is 10.6. The topological polar surface area (TPSA) is 40.5 Å². The number of aliphatic hydroxyl groups excluding tert-OH is 1. The van der Waals surface area contributed by atoms with Crippen LogP contribution in [-0.4, -0.2) is 35.6 Å². The van der Waals surface area contributed by atoms with Crippen molar-refractivity contribution in [3.05, 3.63) is 29.8 Å². The quantitative estimate of drug-likeness (QED) is 0.787. The van der Waals surface area contributed by atoms with Gasteiger partial charge in [0.1, 0.15) is 0 Å². The molecule has 1 aromatic carbocycles. The van der Waals surface area contributed by atoms with Gasteiger partial charge in [-0.15, -0.1) is 12.6 Å². The number of nitrogens with zero attached hydrogens (tertiary/aromatic N) is 1. The largest absolute Gasteiger partial charge is 0.396 e. The number of hydrogen-bond donors (Lipinski definition) is 2. The standard InChI is InChI=1S/C13H17NO2S/c15-9-10-4-6-14(7-5-10)13(16)11-2-1-3-12(17)8-11/h1-3,8,10,15,17H,4-7,9H2. The van der Waals surface area contributed by atoms with Gasteiger partial charge in [0.25, 0.3) is 5.91 Å². The van der Waals surface area contributed by atoms with Gasteiger partial charge in [0.15, 0.2) is 0 Å². The van der Waals surface area contributed by atoms with Crippen molar-refractivity contribution in [2.45, 2.75) is 17.7 Å². The molecule has 1 heterocycles. The fourth-order valence-corrected chi connectivity index (χ4v) is 2.37. The number of likely N-dealkylation sites (tertiary alicyclic amines) is 1. The van der Waals surface area contributed by atoms with Crippen LogP contribution in [0.15, 0.2) is 29.2 Å². The van der Waals surface area contributed by atoms with E-state index in [0.29, 0.717) is 11.5 Å². The summed E-state index contributed by atoms with van der Waals surface area (Å²) in [5.74, 6) is 0.424. The first-order valence-electron chi connectivity index (χ1n) is 5.90. The van der Waals surface area contributed by atoms with Crippen LogP contribution in [0.25, 0.3) is 0 Å². The summed E-state index contributed by atoms with van der Waals surface area (Å²) in [4.78, 5) is 14.8. The van der Waals surface area contributed by atoms with Crippen molar-refractivity contribution in [2.75, 3.05) is 19.7 Å². The molecule has 1 aromatic rings. The lowest BCUT2D eigenvalue weighted by Gasteiger charge is -2.31. The molecule has 4 heteroatoms. The van der Waals surface area contributed by atoms with Gasteiger partial charge in [-0.25, -0.2) is 0 Å². The highest BCUT2D eigenvalue weighted by atomic mass is 32.1. The molecule has 0 aromatic heterocycles. The molecule has 0 aliphatic carbocycles. The third-order valence-electron chi connectivity index (χ3n) is 3.25. The number of carbonyl (C=O) groups is 1. The van der Waals surface area contributed by atoms with Crippen molar-refractivity contribution < 1.29 is 9.90 Å². The minimum Gasteiger partial charge on any atom is -0.396 e. The van der Waals surface area contributed by atoms with E-state index in [0.717, 1.165) is 30.8 Å². The number of benzene rings is 1. The van der Waals surface area contributed by atoms with Gasteiger partial charge in [-0.3, -0.25) is 4.79 Å². The molecular formula is C13H17NO2S. The normalized spacial score (nSPS) is 17.2. The summed E-state index contributed by atoms with van der Waals surface area (Å²) in [6, 6.07) is 7.32. The van der Waals surface area contributed by atoms with E-state index in [-0.39, 0.29) is 12.5 Å². The molecule has 17 heavy (non-hydrogen) atoms. The van der Waals surface area contributed by atoms with Crippen LogP contribution in [0.5, 0.6) is 0 Å². The molecule has 1 fully saturated rings. The SMILES string of the molecule is O=C(c1cccc(S)c1)N1CCC(CO)CC1. The highest BCUT2D eigenvalue weighted by molar-refractivity contribution is 7.80. The third kappa shape index (κ3) is 3.01. The Kier molecular flexibility index (Phi) is 4.07. The fourth-order valence-electron chi connectivity index (χ4n) is 2.14. The molecule has 3 nitrogen and oxygen atoms in total. The van der Waals surface area contributed by atoms with E-state index in [9.17, 15) is 4.79 Å². The summed E-state index contributed by atoms with van der Waals surface area (Å²) in [6.45, 7) is 1.70. The summed E-state index contributed by atoms with van der Waals surface area (Å²) in [7, 11) is 0. The maximum Gasteiger partial charge on any atom is 0.253 e. The van der Waals surface area contributed by atoms with Gasteiger partial charge in [0.2, 0.25) is 0 Å². The summed E-state index contributed by atoms with van der Waals surface area (Å²) < 4.78 is 0. The van der Waals surface area contributed by atoms with Gasteiger partial charge < -0.3 is 10.0 Å². The van der Waals surface area contributed by atoms with Crippen molar-refractivity contribution >= 4 is 18.5 Å². The lowest BCUT2D eigenvalue weighted by Crippen LogP contribution is -2.39. The fraction of sp³-hybridized carbons (Fsp3) is 0.462. The average molecular weight is 251 g/mol. The van der Waals surface area contributed by atoms with Crippen molar-refractivity contribution in [1.82, 2.24) is 4.90 Å². The van der Waals surface area contributed by atoms with E-state index in [1.807, 2.05) is 23.1 Å². The monoisotopic (exact) mass is 251 g/mol. The van der Waals surface area contributed by atoms with Gasteiger partial charge in [0, 0.05) is 30.2 Å². The van der Waals surface area contributed by atoms with E-state index in [1.165, 1.54) is 0 Å². The Bertz CT molecular complexity index is 400. The van der Waals surface area contributed by atoms with Crippen LogP contribution in [0.4, 0.5) is 0 Å². The van der Waals surface area contributed by atoms with Gasteiger partial charge in [-0.05, 0) is 37.0 Å². The Balaban J connectivity index is 2.02. The van der Waals surface area contributed by atoms with E-state index in [1.54, 1.807) is 6.07 Å². The van der Waals surface area contributed by atoms with Crippen LogP contribution in [-0.2, 0) is 0 Å². The Morgan fingerprint density at radius 2 is 2.12 bits per heavy atom. The molecule has 1 aliphatic rings. The molecular weight excluding hydrogens is 234 g/mol. The maximum atomic E-state index is 12.2. The molecule has 0 saturated carbocycles. The number of piperidine rings is 1.